The van der Waals surface area contributed by atoms with Gasteiger partial charge in [-0.1, -0.05) is 12.1 Å². The number of nitrogens with one attached hydrogen (secondary N) is 3. The zero-order valence-electron chi connectivity index (χ0n) is 17.6. The minimum Gasteiger partial charge on any atom is -0.454 e. The third-order valence-corrected chi connectivity index (χ3v) is 6.34. The van der Waals surface area contributed by atoms with E-state index >= 15 is 0 Å². The van der Waals surface area contributed by atoms with Crippen LogP contribution in [0.2, 0.25) is 0 Å². The Labute approximate surface area is 190 Å². The highest BCUT2D eigenvalue weighted by molar-refractivity contribution is 7.89. The molecule has 3 aromatic carbocycles. The van der Waals surface area contributed by atoms with Gasteiger partial charge < -0.3 is 20.1 Å². The second-order valence-electron chi connectivity index (χ2n) is 7.15. The van der Waals surface area contributed by atoms with Gasteiger partial charge in [-0.3, -0.25) is 9.59 Å². The molecular weight excluding hydrogens is 446 g/mol. The van der Waals surface area contributed by atoms with E-state index in [1.165, 1.54) is 31.3 Å². The molecule has 2 amide bonds. The van der Waals surface area contributed by atoms with Crippen LogP contribution in [0, 0.1) is 0 Å². The standard InChI is InChI=1S/C23H21N3O6S/c1-24-22(27)16-6-8-18(9-7-16)26-23(28)17-3-2-4-19(12-17)33(29,30)25-13-15-5-10-20-21(11-15)32-14-31-20/h2-12,25H,13-14H2,1H3,(H,24,27)(H,26,28). The number of fused-ring (bicyclic) bond motifs is 1. The van der Waals surface area contributed by atoms with E-state index in [-0.39, 0.29) is 29.7 Å². The SMILES string of the molecule is CNC(=O)c1ccc(NC(=O)c2cccc(S(=O)(=O)NCc3ccc4c(c3)OCO4)c2)cc1. The van der Waals surface area contributed by atoms with E-state index in [2.05, 4.69) is 15.4 Å². The van der Waals surface area contributed by atoms with Gasteiger partial charge in [0.15, 0.2) is 11.5 Å². The van der Waals surface area contributed by atoms with Crippen molar-refractivity contribution in [3.05, 3.63) is 83.4 Å². The van der Waals surface area contributed by atoms with E-state index in [1.807, 2.05) is 0 Å². The lowest BCUT2D eigenvalue weighted by atomic mass is 10.1. The highest BCUT2D eigenvalue weighted by atomic mass is 32.2. The predicted molar refractivity (Wildman–Crippen MR) is 121 cm³/mol. The summed E-state index contributed by atoms with van der Waals surface area (Å²) in [5, 5.41) is 5.21. The molecule has 3 N–H and O–H groups in total. The number of anilines is 1. The lowest BCUT2D eigenvalue weighted by Crippen LogP contribution is -2.23. The monoisotopic (exact) mass is 467 g/mol. The summed E-state index contributed by atoms with van der Waals surface area (Å²) < 4.78 is 38.6. The Bertz CT molecular complexity index is 1310. The largest absolute Gasteiger partial charge is 0.454 e. The van der Waals surface area contributed by atoms with Crippen LogP contribution < -0.4 is 24.8 Å². The molecule has 1 aliphatic heterocycles. The van der Waals surface area contributed by atoms with Crippen LogP contribution in [0.1, 0.15) is 26.3 Å². The lowest BCUT2D eigenvalue weighted by Gasteiger charge is -2.10. The van der Waals surface area contributed by atoms with E-state index in [9.17, 15) is 18.0 Å². The second kappa shape index (κ2) is 9.31. The molecule has 0 unspecified atom stereocenters. The zero-order valence-corrected chi connectivity index (χ0v) is 18.4. The van der Waals surface area contributed by atoms with Crippen LogP contribution in [0.3, 0.4) is 0 Å². The number of sulfonamides is 1. The Morgan fingerprint density at radius 1 is 0.879 bits per heavy atom. The molecule has 0 spiro atoms. The summed E-state index contributed by atoms with van der Waals surface area (Å²) in [6, 6.07) is 17.3. The fourth-order valence-corrected chi connectivity index (χ4v) is 4.23. The van der Waals surface area contributed by atoms with E-state index in [0.29, 0.717) is 28.3 Å². The van der Waals surface area contributed by atoms with Crippen LogP contribution in [0.15, 0.2) is 71.6 Å². The summed E-state index contributed by atoms with van der Waals surface area (Å²) >= 11 is 0. The van der Waals surface area contributed by atoms with Crippen molar-refractivity contribution in [2.24, 2.45) is 0 Å². The van der Waals surface area contributed by atoms with Gasteiger partial charge in [0, 0.05) is 30.4 Å². The number of rotatable bonds is 7. The molecule has 0 bridgehead atoms. The smallest absolute Gasteiger partial charge is 0.255 e. The van der Waals surface area contributed by atoms with Crippen LogP contribution in [0.4, 0.5) is 5.69 Å². The normalized spacial score (nSPS) is 12.3. The highest BCUT2D eigenvalue weighted by Gasteiger charge is 2.18. The minimum absolute atomic E-state index is 0.0362. The van der Waals surface area contributed by atoms with Crippen molar-refractivity contribution < 1.29 is 27.5 Å². The number of hydrogen-bond acceptors (Lipinski definition) is 6. The van der Waals surface area contributed by atoms with Gasteiger partial charge in [0.2, 0.25) is 16.8 Å². The Hall–Kier alpha value is -3.89. The first kappa shape index (κ1) is 22.3. The molecule has 1 aliphatic rings. The molecule has 4 rings (SSSR count). The van der Waals surface area contributed by atoms with Crippen LogP contribution in [-0.4, -0.2) is 34.1 Å². The van der Waals surface area contributed by atoms with Crippen molar-refractivity contribution in [1.82, 2.24) is 10.0 Å². The number of carbonyl (C=O) groups excluding carboxylic acids is 2. The molecule has 0 radical (unpaired) electrons. The Morgan fingerprint density at radius 3 is 2.39 bits per heavy atom. The maximum atomic E-state index is 12.8. The topological polar surface area (TPSA) is 123 Å². The van der Waals surface area contributed by atoms with Gasteiger partial charge in [0.25, 0.3) is 11.8 Å². The summed E-state index contributed by atoms with van der Waals surface area (Å²) in [4.78, 5) is 24.2. The first-order valence-corrected chi connectivity index (χ1v) is 11.5. The van der Waals surface area contributed by atoms with Gasteiger partial charge in [-0.25, -0.2) is 13.1 Å². The second-order valence-corrected chi connectivity index (χ2v) is 8.92. The summed E-state index contributed by atoms with van der Waals surface area (Å²) in [5.41, 5.74) is 1.81. The van der Waals surface area contributed by atoms with Gasteiger partial charge in [-0.15, -0.1) is 0 Å². The highest BCUT2D eigenvalue weighted by Crippen LogP contribution is 2.32. The Morgan fingerprint density at radius 2 is 1.64 bits per heavy atom. The minimum atomic E-state index is -3.87. The maximum Gasteiger partial charge on any atom is 0.255 e. The quantitative estimate of drug-likeness (QED) is 0.491. The van der Waals surface area contributed by atoms with Gasteiger partial charge in [-0.2, -0.15) is 0 Å². The molecular formula is C23H21N3O6S. The first-order chi connectivity index (χ1) is 15.9. The van der Waals surface area contributed by atoms with Crippen LogP contribution >= 0.6 is 0 Å². The average Bonchev–Trinajstić information content (AvgIpc) is 3.31. The first-order valence-electron chi connectivity index (χ1n) is 9.97. The molecule has 0 saturated carbocycles. The zero-order chi connectivity index (χ0) is 23.4. The van der Waals surface area contributed by atoms with Gasteiger partial charge in [-0.05, 0) is 60.2 Å². The number of hydrogen-bond donors (Lipinski definition) is 3. The molecule has 3 aromatic rings. The van der Waals surface area contributed by atoms with Gasteiger partial charge in [0.05, 0.1) is 4.90 Å². The summed E-state index contributed by atoms with van der Waals surface area (Å²) in [6.45, 7) is 0.185. The van der Waals surface area contributed by atoms with Crippen molar-refractivity contribution >= 4 is 27.5 Å². The summed E-state index contributed by atoms with van der Waals surface area (Å²) in [5.74, 6) is 0.465. The molecule has 170 valence electrons. The van der Waals surface area contributed by atoms with E-state index in [4.69, 9.17) is 9.47 Å². The lowest BCUT2D eigenvalue weighted by molar-refractivity contribution is 0.0962. The fraction of sp³-hybridized carbons (Fsp3) is 0.130. The number of carbonyl (C=O) groups is 2. The molecule has 0 saturated heterocycles. The molecule has 33 heavy (non-hydrogen) atoms. The van der Waals surface area contributed by atoms with Gasteiger partial charge in [0.1, 0.15) is 0 Å². The fourth-order valence-electron chi connectivity index (χ4n) is 3.17. The molecule has 9 nitrogen and oxygen atoms in total. The van der Waals surface area contributed by atoms with Crippen LogP contribution in [-0.2, 0) is 16.6 Å². The predicted octanol–water partition coefficient (Wildman–Crippen LogP) is 2.51. The number of ether oxygens (including phenoxy) is 2. The molecule has 0 atom stereocenters. The maximum absolute atomic E-state index is 12.8. The number of benzene rings is 3. The average molecular weight is 468 g/mol. The van der Waals surface area contributed by atoms with Crippen molar-refractivity contribution in [3.63, 3.8) is 0 Å². The van der Waals surface area contributed by atoms with Crippen molar-refractivity contribution in [3.8, 4) is 11.5 Å². The third-order valence-electron chi connectivity index (χ3n) is 4.94. The molecule has 1 heterocycles. The Balaban J connectivity index is 1.43. The molecule has 0 aliphatic carbocycles. The molecule has 0 aromatic heterocycles. The summed E-state index contributed by atoms with van der Waals surface area (Å²) in [7, 11) is -2.34. The third kappa shape index (κ3) is 5.13. The summed E-state index contributed by atoms with van der Waals surface area (Å²) in [6.07, 6.45) is 0. The van der Waals surface area contributed by atoms with Crippen LogP contribution in [0.25, 0.3) is 0 Å². The van der Waals surface area contributed by atoms with Gasteiger partial charge >= 0.3 is 0 Å². The van der Waals surface area contributed by atoms with Crippen LogP contribution in [0.5, 0.6) is 11.5 Å². The Kier molecular flexibility index (Phi) is 6.29. The van der Waals surface area contributed by atoms with E-state index in [1.54, 1.807) is 42.5 Å². The van der Waals surface area contributed by atoms with Crippen molar-refractivity contribution in [2.45, 2.75) is 11.4 Å². The van der Waals surface area contributed by atoms with Crippen molar-refractivity contribution in [2.75, 3.05) is 19.2 Å². The van der Waals surface area contributed by atoms with E-state index in [0.717, 1.165) is 0 Å². The molecule has 0 fully saturated rings. The number of amides is 2. The van der Waals surface area contributed by atoms with E-state index < -0.39 is 15.9 Å². The molecule has 10 heteroatoms. The van der Waals surface area contributed by atoms with Crippen molar-refractivity contribution in [1.29, 1.82) is 0 Å².